The highest BCUT2D eigenvalue weighted by Gasteiger charge is 2.38. The summed E-state index contributed by atoms with van der Waals surface area (Å²) in [6.07, 6.45) is 2.20. The fourth-order valence-electron chi connectivity index (χ4n) is 4.04. The van der Waals surface area contributed by atoms with E-state index in [4.69, 9.17) is 11.6 Å². The van der Waals surface area contributed by atoms with Crippen molar-refractivity contribution in [2.45, 2.75) is 32.0 Å². The smallest absolute Gasteiger partial charge is 0.327 e. The first-order valence-electron chi connectivity index (χ1n) is 9.70. The molecule has 1 aliphatic carbocycles. The molecule has 2 heterocycles. The van der Waals surface area contributed by atoms with Crippen LogP contribution in [0.5, 0.6) is 0 Å². The van der Waals surface area contributed by atoms with Gasteiger partial charge < -0.3 is 9.80 Å². The molecule has 0 bridgehead atoms. The number of amides is 4. The Morgan fingerprint density at radius 2 is 1.72 bits per heavy atom. The molecule has 0 radical (unpaired) electrons. The lowest BCUT2D eigenvalue weighted by molar-refractivity contribution is -0.124. The zero-order valence-electron chi connectivity index (χ0n) is 16.0. The maximum Gasteiger partial charge on any atom is 0.327 e. The summed E-state index contributed by atoms with van der Waals surface area (Å²) in [6.45, 7) is 1.05. The summed E-state index contributed by atoms with van der Waals surface area (Å²) in [6, 6.07) is 11.8. The largest absolute Gasteiger partial charge is 0.331 e. The lowest BCUT2D eigenvalue weighted by atomic mass is 9.99. The third kappa shape index (κ3) is 3.08. The third-order valence-electron chi connectivity index (χ3n) is 5.93. The topological polar surface area (TPSA) is 60.9 Å². The highest BCUT2D eigenvalue weighted by atomic mass is 35.5. The van der Waals surface area contributed by atoms with E-state index in [1.165, 1.54) is 11.9 Å². The van der Waals surface area contributed by atoms with Crippen molar-refractivity contribution in [3.8, 4) is 11.1 Å². The lowest BCUT2D eigenvalue weighted by Gasteiger charge is -2.16. The van der Waals surface area contributed by atoms with E-state index >= 15 is 0 Å². The highest BCUT2D eigenvalue weighted by molar-refractivity contribution is 6.31. The number of rotatable bonds is 4. The Labute approximate surface area is 173 Å². The van der Waals surface area contributed by atoms with E-state index in [-0.39, 0.29) is 24.4 Å². The monoisotopic (exact) mass is 409 g/mol. The Kier molecular flexibility index (Phi) is 4.13. The first-order chi connectivity index (χ1) is 13.9. The van der Waals surface area contributed by atoms with Gasteiger partial charge in [0, 0.05) is 36.8 Å². The Morgan fingerprint density at radius 1 is 1.00 bits per heavy atom. The van der Waals surface area contributed by atoms with Crippen LogP contribution in [0.1, 0.15) is 34.3 Å². The second-order valence-electron chi connectivity index (χ2n) is 7.93. The van der Waals surface area contributed by atoms with Crippen molar-refractivity contribution in [2.75, 3.05) is 13.6 Å². The quantitative estimate of drug-likeness (QED) is 0.726. The summed E-state index contributed by atoms with van der Waals surface area (Å²) in [5.74, 6) is -0.0760. The van der Waals surface area contributed by atoms with Crippen molar-refractivity contribution in [3.63, 3.8) is 0 Å². The fourth-order valence-corrected chi connectivity index (χ4v) is 4.28. The number of carbonyl (C=O) groups is 3. The van der Waals surface area contributed by atoms with Gasteiger partial charge >= 0.3 is 6.03 Å². The number of halogens is 1. The molecule has 0 atom stereocenters. The minimum Gasteiger partial charge on any atom is -0.331 e. The number of carbonyl (C=O) groups excluding carboxylic acids is 3. The number of benzene rings is 2. The molecule has 4 amide bonds. The minimum absolute atomic E-state index is 0.0732. The average molecular weight is 410 g/mol. The molecule has 0 unspecified atom stereocenters. The van der Waals surface area contributed by atoms with Crippen LogP contribution in [0.2, 0.25) is 5.02 Å². The van der Waals surface area contributed by atoms with Crippen LogP contribution in [0.3, 0.4) is 0 Å². The number of hydrogen-bond acceptors (Lipinski definition) is 3. The summed E-state index contributed by atoms with van der Waals surface area (Å²) in [7, 11) is 1.48. The number of fused-ring (bicyclic) bond motifs is 1. The van der Waals surface area contributed by atoms with Crippen LogP contribution < -0.4 is 0 Å². The number of nitrogens with zero attached hydrogens (tertiary/aromatic N) is 3. The SMILES string of the molecule is CN1C(=O)CN(Cc2ccc(-c3ccc4c(c3)CN(C3CC3)C4=O)cc2Cl)C1=O. The van der Waals surface area contributed by atoms with Crippen LogP contribution in [0.15, 0.2) is 36.4 Å². The van der Waals surface area contributed by atoms with Crippen LogP contribution in [-0.4, -0.2) is 52.2 Å². The van der Waals surface area contributed by atoms with Gasteiger partial charge in [-0.2, -0.15) is 0 Å². The van der Waals surface area contributed by atoms with Gasteiger partial charge in [-0.25, -0.2) is 4.79 Å². The van der Waals surface area contributed by atoms with Gasteiger partial charge in [0.15, 0.2) is 0 Å². The van der Waals surface area contributed by atoms with Crippen LogP contribution in [0.4, 0.5) is 4.79 Å². The molecule has 2 aromatic rings. The molecule has 2 fully saturated rings. The molecule has 0 N–H and O–H groups in total. The van der Waals surface area contributed by atoms with Gasteiger partial charge in [0.05, 0.1) is 0 Å². The second kappa shape index (κ2) is 6.59. The zero-order valence-corrected chi connectivity index (χ0v) is 16.8. The molecule has 5 rings (SSSR count). The van der Waals surface area contributed by atoms with E-state index < -0.39 is 0 Å². The Hall–Kier alpha value is -2.86. The molecule has 3 aliphatic rings. The van der Waals surface area contributed by atoms with E-state index in [1.54, 1.807) is 0 Å². The first kappa shape index (κ1) is 18.2. The summed E-state index contributed by atoms with van der Waals surface area (Å²) >= 11 is 6.49. The Bertz CT molecular complexity index is 1060. The molecule has 1 saturated carbocycles. The van der Waals surface area contributed by atoms with E-state index in [9.17, 15) is 14.4 Å². The zero-order chi connectivity index (χ0) is 20.3. The Balaban J connectivity index is 1.37. The highest BCUT2D eigenvalue weighted by Crippen LogP contribution is 2.36. The van der Waals surface area contributed by atoms with Crippen molar-refractivity contribution in [1.82, 2.24) is 14.7 Å². The molecule has 0 aromatic heterocycles. The van der Waals surface area contributed by atoms with Gasteiger partial charge in [0.2, 0.25) is 5.91 Å². The van der Waals surface area contributed by atoms with Gasteiger partial charge in [0.25, 0.3) is 5.91 Å². The molecule has 1 saturated heterocycles. The standard InChI is InChI=1S/C22H20ClN3O3/c1-24-20(27)12-25(22(24)29)10-15-3-2-14(9-19(15)23)13-4-7-18-16(8-13)11-26(21(18)28)17-5-6-17/h2-4,7-9,17H,5-6,10-12H2,1H3. The molecule has 2 aromatic carbocycles. The molecule has 7 heteroatoms. The molecule has 148 valence electrons. The molecule has 6 nitrogen and oxygen atoms in total. The van der Waals surface area contributed by atoms with Gasteiger partial charge in [-0.05, 0) is 53.3 Å². The van der Waals surface area contributed by atoms with E-state index in [0.717, 1.165) is 45.6 Å². The summed E-state index contributed by atoms with van der Waals surface area (Å²) in [5, 5.41) is 0.550. The van der Waals surface area contributed by atoms with Gasteiger partial charge in [-0.15, -0.1) is 0 Å². The maximum atomic E-state index is 12.5. The third-order valence-corrected chi connectivity index (χ3v) is 6.28. The molecule has 2 aliphatic heterocycles. The lowest BCUT2D eigenvalue weighted by Crippen LogP contribution is -2.29. The van der Waals surface area contributed by atoms with Crippen molar-refractivity contribution >= 4 is 29.4 Å². The van der Waals surface area contributed by atoms with Crippen LogP contribution in [-0.2, 0) is 17.9 Å². The van der Waals surface area contributed by atoms with Gasteiger partial charge in [-0.3, -0.25) is 14.5 Å². The minimum atomic E-state index is -0.307. The molecular weight excluding hydrogens is 390 g/mol. The second-order valence-corrected chi connectivity index (χ2v) is 8.34. The maximum absolute atomic E-state index is 12.5. The van der Waals surface area contributed by atoms with Crippen LogP contribution >= 0.6 is 11.6 Å². The van der Waals surface area contributed by atoms with E-state index in [2.05, 4.69) is 6.07 Å². The van der Waals surface area contributed by atoms with E-state index in [1.807, 2.05) is 35.2 Å². The number of hydrogen-bond donors (Lipinski definition) is 0. The van der Waals surface area contributed by atoms with Crippen molar-refractivity contribution in [3.05, 3.63) is 58.1 Å². The first-order valence-corrected chi connectivity index (χ1v) is 10.1. The van der Waals surface area contributed by atoms with Crippen molar-refractivity contribution in [2.24, 2.45) is 0 Å². The Morgan fingerprint density at radius 3 is 2.38 bits per heavy atom. The summed E-state index contributed by atoms with van der Waals surface area (Å²) in [5.41, 5.74) is 4.62. The normalized spacial score (nSPS) is 18.8. The molecule has 0 spiro atoms. The molecular formula is C22H20ClN3O3. The number of imide groups is 1. The number of likely N-dealkylation sites (N-methyl/N-ethyl adjacent to an activating group) is 1. The van der Waals surface area contributed by atoms with Crippen molar-refractivity contribution in [1.29, 1.82) is 0 Å². The van der Waals surface area contributed by atoms with Gasteiger partial charge in [0.1, 0.15) is 6.54 Å². The summed E-state index contributed by atoms with van der Waals surface area (Å²) < 4.78 is 0. The number of urea groups is 1. The van der Waals surface area contributed by atoms with Crippen LogP contribution in [0, 0.1) is 0 Å². The predicted octanol–water partition coefficient (Wildman–Crippen LogP) is 3.52. The summed E-state index contributed by atoms with van der Waals surface area (Å²) in [4.78, 5) is 40.9. The van der Waals surface area contributed by atoms with E-state index in [0.29, 0.717) is 24.2 Å². The molecule has 29 heavy (non-hydrogen) atoms. The predicted molar refractivity (Wildman–Crippen MR) is 108 cm³/mol. The van der Waals surface area contributed by atoms with Gasteiger partial charge in [-0.1, -0.05) is 29.8 Å². The van der Waals surface area contributed by atoms with Crippen molar-refractivity contribution < 1.29 is 14.4 Å². The fraction of sp³-hybridized carbons (Fsp3) is 0.318. The average Bonchev–Trinajstić information content (AvgIpc) is 3.46. The van der Waals surface area contributed by atoms with Crippen LogP contribution in [0.25, 0.3) is 11.1 Å².